The maximum atomic E-state index is 2.26. The van der Waals surface area contributed by atoms with Gasteiger partial charge in [0.15, 0.2) is 0 Å². The molecule has 0 heterocycles. The van der Waals surface area contributed by atoms with E-state index in [1.54, 1.807) is 0 Å². The molecule has 0 radical (unpaired) electrons. The molecule has 0 atom stereocenters. The molecule has 0 aliphatic carbocycles. The summed E-state index contributed by atoms with van der Waals surface area (Å²) in [6, 6.07) is 9.03. The van der Waals surface area contributed by atoms with Gasteiger partial charge in [-0.3, -0.25) is 0 Å². The zero-order chi connectivity index (χ0) is 8.81. The Morgan fingerprint density at radius 1 is 0.750 bits per heavy atom. The molecule has 0 spiro atoms. The van der Waals surface area contributed by atoms with E-state index in [0.717, 1.165) is 0 Å². The Bertz CT molecular complexity index is 183. The van der Waals surface area contributed by atoms with Gasteiger partial charge in [0.2, 0.25) is 0 Å². The Labute approximate surface area is 75.6 Å². The lowest BCUT2D eigenvalue weighted by molar-refractivity contribution is 0.904. The molecule has 0 unspecified atom stereocenters. The maximum absolute atomic E-state index is 2.26. The molecule has 0 N–H and O–H groups in total. The molecule has 0 amide bonds. The molecule has 0 fully saturated rings. The fraction of sp³-hybridized carbons (Fsp3) is 0.500. The second-order valence-corrected chi connectivity index (χ2v) is 3.32. The van der Waals surface area contributed by atoms with E-state index in [2.05, 4.69) is 38.1 Å². The largest absolute Gasteiger partial charge is 0.0651 e. The highest BCUT2D eigenvalue weighted by atomic mass is 14.0. The van der Waals surface area contributed by atoms with E-state index in [0.29, 0.717) is 0 Å². The molecule has 66 valence electrons. The third kappa shape index (κ3) is 2.69. The van der Waals surface area contributed by atoms with Crippen LogP contribution in [0.15, 0.2) is 24.3 Å². The molecule has 1 aromatic carbocycles. The molecule has 0 nitrogen and oxygen atoms in total. The van der Waals surface area contributed by atoms with E-state index in [9.17, 15) is 0 Å². The summed E-state index contributed by atoms with van der Waals surface area (Å²) in [7, 11) is 0. The minimum absolute atomic E-state index is 1.21. The van der Waals surface area contributed by atoms with Gasteiger partial charge in [0, 0.05) is 0 Å². The van der Waals surface area contributed by atoms with Crippen molar-refractivity contribution in [3.05, 3.63) is 35.4 Å². The van der Waals surface area contributed by atoms with Crippen LogP contribution in [-0.4, -0.2) is 0 Å². The molecular formula is C12H18. The average molecular weight is 162 g/mol. The standard InChI is InChI=1S/C12H18/c1-3-5-11-7-9-12(6-4-2)10-8-11/h7-10H,3-6H2,1-2H3. The Morgan fingerprint density at radius 2 is 1.08 bits per heavy atom. The molecule has 0 aliphatic rings. The van der Waals surface area contributed by atoms with Crippen LogP contribution < -0.4 is 0 Å². The molecular weight excluding hydrogens is 144 g/mol. The van der Waals surface area contributed by atoms with Crippen molar-refractivity contribution >= 4 is 0 Å². The highest BCUT2D eigenvalue weighted by molar-refractivity contribution is 5.22. The van der Waals surface area contributed by atoms with Crippen LogP contribution in [0.25, 0.3) is 0 Å². The lowest BCUT2D eigenvalue weighted by Gasteiger charge is -2.01. The van der Waals surface area contributed by atoms with Crippen molar-refractivity contribution in [2.24, 2.45) is 0 Å². The zero-order valence-corrected chi connectivity index (χ0v) is 8.14. The summed E-state index contributed by atoms with van der Waals surface area (Å²) in [5, 5.41) is 0. The summed E-state index contributed by atoms with van der Waals surface area (Å²) < 4.78 is 0. The average Bonchev–Trinajstić information content (AvgIpc) is 2.09. The highest BCUT2D eigenvalue weighted by Gasteiger charge is 1.92. The summed E-state index contributed by atoms with van der Waals surface area (Å²) in [6.07, 6.45) is 4.92. The minimum atomic E-state index is 1.21. The third-order valence-electron chi connectivity index (χ3n) is 2.10. The predicted octanol–water partition coefficient (Wildman–Crippen LogP) is 3.59. The van der Waals surface area contributed by atoms with Crippen molar-refractivity contribution < 1.29 is 0 Å². The first kappa shape index (κ1) is 9.31. The number of benzene rings is 1. The fourth-order valence-corrected chi connectivity index (χ4v) is 1.45. The first-order valence-electron chi connectivity index (χ1n) is 4.94. The van der Waals surface area contributed by atoms with Crippen molar-refractivity contribution in [2.75, 3.05) is 0 Å². The zero-order valence-electron chi connectivity index (χ0n) is 8.14. The van der Waals surface area contributed by atoms with Gasteiger partial charge >= 0.3 is 0 Å². The van der Waals surface area contributed by atoms with Crippen molar-refractivity contribution in [1.29, 1.82) is 0 Å². The van der Waals surface area contributed by atoms with Crippen LogP contribution in [0.5, 0.6) is 0 Å². The van der Waals surface area contributed by atoms with E-state index in [1.807, 2.05) is 0 Å². The molecule has 1 aromatic rings. The molecule has 0 aromatic heterocycles. The second-order valence-electron chi connectivity index (χ2n) is 3.32. The summed E-state index contributed by atoms with van der Waals surface area (Å²) in [5.74, 6) is 0. The van der Waals surface area contributed by atoms with E-state index in [-0.39, 0.29) is 0 Å². The molecule has 0 aliphatic heterocycles. The van der Waals surface area contributed by atoms with Crippen LogP contribution in [0.4, 0.5) is 0 Å². The molecule has 0 bridgehead atoms. The van der Waals surface area contributed by atoms with Crippen molar-refractivity contribution in [3.8, 4) is 0 Å². The Hall–Kier alpha value is -0.780. The normalized spacial score (nSPS) is 10.2. The number of hydrogen-bond acceptors (Lipinski definition) is 0. The van der Waals surface area contributed by atoms with Gasteiger partial charge in [0.05, 0.1) is 0 Å². The van der Waals surface area contributed by atoms with Crippen LogP contribution in [0.2, 0.25) is 0 Å². The van der Waals surface area contributed by atoms with Crippen molar-refractivity contribution in [2.45, 2.75) is 39.5 Å². The van der Waals surface area contributed by atoms with E-state index in [1.165, 1.54) is 36.8 Å². The quantitative estimate of drug-likeness (QED) is 0.634. The van der Waals surface area contributed by atoms with E-state index < -0.39 is 0 Å². The number of rotatable bonds is 4. The number of aryl methyl sites for hydroxylation is 2. The van der Waals surface area contributed by atoms with Gasteiger partial charge in [-0.1, -0.05) is 51.0 Å². The molecule has 12 heavy (non-hydrogen) atoms. The third-order valence-corrected chi connectivity index (χ3v) is 2.10. The fourth-order valence-electron chi connectivity index (χ4n) is 1.45. The first-order valence-corrected chi connectivity index (χ1v) is 4.94. The minimum Gasteiger partial charge on any atom is -0.0651 e. The van der Waals surface area contributed by atoms with Gasteiger partial charge in [0.25, 0.3) is 0 Å². The van der Waals surface area contributed by atoms with Gasteiger partial charge in [-0.2, -0.15) is 0 Å². The Balaban J connectivity index is 2.58. The van der Waals surface area contributed by atoms with Crippen LogP contribution >= 0.6 is 0 Å². The Morgan fingerprint density at radius 3 is 1.33 bits per heavy atom. The highest BCUT2D eigenvalue weighted by Crippen LogP contribution is 2.07. The summed E-state index contributed by atoms with van der Waals surface area (Å²) in [6.45, 7) is 4.44. The van der Waals surface area contributed by atoms with Crippen LogP contribution in [-0.2, 0) is 12.8 Å². The van der Waals surface area contributed by atoms with Crippen LogP contribution in [0.3, 0.4) is 0 Å². The van der Waals surface area contributed by atoms with Gasteiger partial charge in [-0.25, -0.2) is 0 Å². The lowest BCUT2D eigenvalue weighted by Crippen LogP contribution is -1.85. The first-order chi connectivity index (χ1) is 5.86. The molecule has 0 saturated carbocycles. The lowest BCUT2D eigenvalue weighted by atomic mass is 10.1. The summed E-state index contributed by atoms with van der Waals surface area (Å²) >= 11 is 0. The molecule has 0 saturated heterocycles. The summed E-state index contributed by atoms with van der Waals surface area (Å²) in [4.78, 5) is 0. The van der Waals surface area contributed by atoms with Gasteiger partial charge < -0.3 is 0 Å². The van der Waals surface area contributed by atoms with E-state index >= 15 is 0 Å². The van der Waals surface area contributed by atoms with Crippen LogP contribution in [0.1, 0.15) is 37.8 Å². The topological polar surface area (TPSA) is 0 Å². The maximum Gasteiger partial charge on any atom is -0.0281 e. The van der Waals surface area contributed by atoms with Crippen molar-refractivity contribution in [3.63, 3.8) is 0 Å². The van der Waals surface area contributed by atoms with Gasteiger partial charge in [0.1, 0.15) is 0 Å². The predicted molar refractivity (Wildman–Crippen MR) is 54.4 cm³/mol. The van der Waals surface area contributed by atoms with Crippen LogP contribution in [0, 0.1) is 0 Å². The van der Waals surface area contributed by atoms with Crippen molar-refractivity contribution in [1.82, 2.24) is 0 Å². The second kappa shape index (κ2) is 4.97. The smallest absolute Gasteiger partial charge is 0.0281 e. The monoisotopic (exact) mass is 162 g/mol. The SMILES string of the molecule is CCCc1ccc(CCC)cc1. The molecule has 1 rings (SSSR count). The van der Waals surface area contributed by atoms with Gasteiger partial charge in [-0.15, -0.1) is 0 Å². The molecule has 0 heteroatoms. The number of hydrogen-bond donors (Lipinski definition) is 0. The Kier molecular flexibility index (Phi) is 3.86. The van der Waals surface area contributed by atoms with Gasteiger partial charge in [-0.05, 0) is 24.0 Å². The summed E-state index contributed by atoms with van der Waals surface area (Å²) in [5.41, 5.74) is 2.94. The van der Waals surface area contributed by atoms with E-state index in [4.69, 9.17) is 0 Å².